The Hall–Kier alpha value is -1.40. The lowest BCUT2D eigenvalue weighted by Crippen LogP contribution is -2.01. The van der Waals surface area contributed by atoms with Crippen LogP contribution in [0.25, 0.3) is 11.5 Å². The highest BCUT2D eigenvalue weighted by Crippen LogP contribution is 2.31. The van der Waals surface area contributed by atoms with Crippen LogP contribution in [-0.2, 0) is 4.74 Å². The van der Waals surface area contributed by atoms with Crippen molar-refractivity contribution in [3.05, 3.63) is 28.5 Å². The maximum Gasteiger partial charge on any atom is 0.261 e. The van der Waals surface area contributed by atoms with Gasteiger partial charge in [0, 0.05) is 11.1 Å². The monoisotopic (exact) mass is 312 g/mol. The lowest BCUT2D eigenvalue weighted by Gasteiger charge is -2.04. The van der Waals surface area contributed by atoms with Gasteiger partial charge in [-0.05, 0) is 32.0 Å². The van der Waals surface area contributed by atoms with Gasteiger partial charge in [0.2, 0.25) is 5.82 Å². The van der Waals surface area contributed by atoms with Crippen molar-refractivity contribution in [2.45, 2.75) is 20.0 Å². The summed E-state index contributed by atoms with van der Waals surface area (Å²) in [6, 6.07) is 5.08. The second kappa shape index (κ2) is 5.49. The zero-order chi connectivity index (χ0) is 13.1. The summed E-state index contributed by atoms with van der Waals surface area (Å²) >= 11 is 3.27. The number of phenols is 1. The molecule has 0 aliphatic carbocycles. The molecule has 2 rings (SSSR count). The molecule has 0 radical (unpaired) electrons. The maximum atomic E-state index is 9.81. The van der Waals surface area contributed by atoms with Gasteiger partial charge < -0.3 is 14.4 Å². The normalized spacial score (nSPS) is 12.6. The van der Waals surface area contributed by atoms with E-state index in [-0.39, 0.29) is 17.7 Å². The van der Waals surface area contributed by atoms with E-state index >= 15 is 0 Å². The third-order valence-electron chi connectivity index (χ3n) is 2.41. The van der Waals surface area contributed by atoms with E-state index in [0.29, 0.717) is 18.0 Å². The molecule has 18 heavy (non-hydrogen) atoms. The van der Waals surface area contributed by atoms with Crippen LogP contribution in [0.2, 0.25) is 0 Å². The van der Waals surface area contributed by atoms with Crippen molar-refractivity contribution in [2.24, 2.45) is 0 Å². The lowest BCUT2D eigenvalue weighted by atomic mass is 10.2. The van der Waals surface area contributed by atoms with Crippen LogP contribution < -0.4 is 0 Å². The van der Waals surface area contributed by atoms with Gasteiger partial charge in [-0.3, -0.25) is 0 Å². The van der Waals surface area contributed by atoms with Crippen LogP contribution >= 0.6 is 15.9 Å². The van der Waals surface area contributed by atoms with Crippen LogP contribution in [0.15, 0.2) is 27.2 Å². The number of aromatic hydroxyl groups is 1. The third-order valence-corrected chi connectivity index (χ3v) is 2.91. The predicted molar refractivity (Wildman–Crippen MR) is 69.1 cm³/mol. The molecular formula is C12H13BrN2O3. The molecule has 5 nitrogen and oxygen atoms in total. The summed E-state index contributed by atoms with van der Waals surface area (Å²) in [5.74, 6) is 0.833. The number of hydrogen-bond donors (Lipinski definition) is 1. The van der Waals surface area contributed by atoms with E-state index in [1.54, 1.807) is 18.2 Å². The molecule has 96 valence electrons. The number of benzene rings is 1. The molecule has 0 amide bonds. The van der Waals surface area contributed by atoms with Crippen LogP contribution in [0, 0.1) is 0 Å². The highest BCUT2D eigenvalue weighted by atomic mass is 79.9. The van der Waals surface area contributed by atoms with Gasteiger partial charge >= 0.3 is 0 Å². The zero-order valence-corrected chi connectivity index (χ0v) is 11.6. The van der Waals surface area contributed by atoms with Gasteiger partial charge in [0.25, 0.3) is 5.89 Å². The van der Waals surface area contributed by atoms with E-state index < -0.39 is 0 Å². The number of nitrogens with zero attached hydrogens (tertiary/aromatic N) is 2. The van der Waals surface area contributed by atoms with Crippen molar-refractivity contribution in [3.8, 4) is 17.2 Å². The Bertz CT molecular complexity index is 542. The minimum Gasteiger partial charge on any atom is -0.507 e. The molecule has 1 aromatic heterocycles. The largest absolute Gasteiger partial charge is 0.507 e. The third kappa shape index (κ3) is 2.70. The van der Waals surface area contributed by atoms with Crippen LogP contribution in [0.4, 0.5) is 0 Å². The summed E-state index contributed by atoms with van der Waals surface area (Å²) in [6.45, 7) is 4.33. The van der Waals surface area contributed by atoms with Crippen molar-refractivity contribution in [2.75, 3.05) is 6.61 Å². The van der Waals surface area contributed by atoms with E-state index in [0.717, 1.165) is 4.47 Å². The van der Waals surface area contributed by atoms with Crippen molar-refractivity contribution in [1.82, 2.24) is 10.1 Å². The molecule has 6 heteroatoms. The Morgan fingerprint density at radius 2 is 2.28 bits per heavy atom. The lowest BCUT2D eigenvalue weighted by molar-refractivity contribution is 0.0683. The fourth-order valence-electron chi connectivity index (χ4n) is 1.52. The molecule has 2 aromatic rings. The average Bonchev–Trinajstić information content (AvgIpc) is 2.78. The Kier molecular flexibility index (Phi) is 3.98. The Morgan fingerprint density at radius 1 is 1.50 bits per heavy atom. The second-order valence-electron chi connectivity index (χ2n) is 3.72. The molecule has 1 atom stereocenters. The van der Waals surface area contributed by atoms with Gasteiger partial charge in [0.15, 0.2) is 0 Å². The summed E-state index contributed by atoms with van der Waals surface area (Å²) in [5, 5.41) is 13.6. The van der Waals surface area contributed by atoms with E-state index in [1.165, 1.54) is 0 Å². The number of halogens is 1. The molecule has 0 bridgehead atoms. The molecule has 0 aliphatic rings. The van der Waals surface area contributed by atoms with Gasteiger partial charge in [-0.25, -0.2) is 0 Å². The standard InChI is InChI=1S/C12H13BrN2O3/c1-3-17-7(2)11-14-12(18-15-11)9-5-4-8(13)6-10(9)16/h4-7,16H,3H2,1-2H3. The van der Waals surface area contributed by atoms with E-state index in [1.807, 2.05) is 13.8 Å². The van der Waals surface area contributed by atoms with E-state index in [9.17, 15) is 5.11 Å². The van der Waals surface area contributed by atoms with Crippen molar-refractivity contribution in [3.63, 3.8) is 0 Å². The molecule has 0 spiro atoms. The molecule has 1 aromatic carbocycles. The Balaban J connectivity index is 2.29. The topological polar surface area (TPSA) is 68.4 Å². The number of phenolic OH excluding ortho intramolecular Hbond substituents is 1. The quantitative estimate of drug-likeness (QED) is 0.938. The van der Waals surface area contributed by atoms with Gasteiger partial charge in [-0.1, -0.05) is 21.1 Å². The number of hydrogen-bond acceptors (Lipinski definition) is 5. The number of rotatable bonds is 4. The van der Waals surface area contributed by atoms with Crippen molar-refractivity contribution < 1.29 is 14.4 Å². The number of ether oxygens (including phenoxy) is 1. The summed E-state index contributed by atoms with van der Waals surface area (Å²) < 4.78 is 11.3. The van der Waals surface area contributed by atoms with Crippen molar-refractivity contribution in [1.29, 1.82) is 0 Å². The minimum atomic E-state index is -0.231. The Morgan fingerprint density at radius 3 is 2.94 bits per heavy atom. The average molecular weight is 313 g/mol. The maximum absolute atomic E-state index is 9.81. The predicted octanol–water partition coefficient (Wildman–Crippen LogP) is 3.30. The van der Waals surface area contributed by atoms with Crippen molar-refractivity contribution >= 4 is 15.9 Å². The summed E-state index contributed by atoms with van der Waals surface area (Å²) in [7, 11) is 0. The molecule has 0 saturated heterocycles. The fraction of sp³-hybridized carbons (Fsp3) is 0.333. The van der Waals surface area contributed by atoms with Gasteiger partial charge in [0.1, 0.15) is 11.9 Å². The smallest absolute Gasteiger partial charge is 0.261 e. The highest BCUT2D eigenvalue weighted by molar-refractivity contribution is 9.10. The summed E-state index contributed by atoms with van der Waals surface area (Å²) in [5.41, 5.74) is 0.501. The molecule has 1 unspecified atom stereocenters. The van der Waals surface area contributed by atoms with Crippen LogP contribution in [0.5, 0.6) is 5.75 Å². The van der Waals surface area contributed by atoms with Crippen LogP contribution in [0.3, 0.4) is 0 Å². The van der Waals surface area contributed by atoms with E-state index in [2.05, 4.69) is 26.1 Å². The van der Waals surface area contributed by atoms with Crippen LogP contribution in [-0.4, -0.2) is 21.9 Å². The molecule has 0 aliphatic heterocycles. The first kappa shape index (κ1) is 13.0. The highest BCUT2D eigenvalue weighted by Gasteiger charge is 2.17. The zero-order valence-electron chi connectivity index (χ0n) is 10.1. The number of aromatic nitrogens is 2. The first-order chi connectivity index (χ1) is 8.61. The molecular weight excluding hydrogens is 300 g/mol. The van der Waals surface area contributed by atoms with E-state index in [4.69, 9.17) is 9.26 Å². The molecule has 1 heterocycles. The Labute approximate surface area is 113 Å². The summed E-state index contributed by atoms with van der Waals surface area (Å²) in [6.07, 6.45) is -0.231. The molecule has 1 N–H and O–H groups in total. The minimum absolute atomic E-state index is 0.0867. The first-order valence-electron chi connectivity index (χ1n) is 5.56. The molecule has 0 fully saturated rings. The fourth-order valence-corrected chi connectivity index (χ4v) is 1.87. The van der Waals surface area contributed by atoms with Gasteiger partial charge in [-0.2, -0.15) is 4.98 Å². The second-order valence-corrected chi connectivity index (χ2v) is 4.63. The molecule has 0 saturated carbocycles. The van der Waals surface area contributed by atoms with Crippen LogP contribution in [0.1, 0.15) is 25.8 Å². The van der Waals surface area contributed by atoms with Gasteiger partial charge in [-0.15, -0.1) is 0 Å². The SMILES string of the molecule is CCOC(C)c1noc(-c2ccc(Br)cc2O)n1. The summed E-state index contributed by atoms with van der Waals surface area (Å²) in [4.78, 5) is 4.21. The van der Waals surface area contributed by atoms with Gasteiger partial charge in [0.05, 0.1) is 5.56 Å². The first-order valence-corrected chi connectivity index (χ1v) is 6.35.